The lowest BCUT2D eigenvalue weighted by atomic mass is 10.1. The third-order valence-corrected chi connectivity index (χ3v) is 7.17. The summed E-state index contributed by atoms with van der Waals surface area (Å²) in [5.74, 6) is 0.138. The standard InChI is InChI=1S/C25H34N6O2S/c1-2-29-12-14-30(15-13-29)24(32)22-18-31(23-9-5-4-8-21(22)23)11-7-3-6-10-27-25(33)28-17-20-16-26-19-34-20/h4-5,8-9,16,18-19H,2-3,6-7,10-15,17H2,1H3,(H2,27,28,33). The molecule has 2 N–H and O–H groups in total. The number of nitrogens with one attached hydrogen (secondary N) is 2. The topological polar surface area (TPSA) is 82.5 Å². The van der Waals surface area contributed by atoms with Crippen LogP contribution in [0.5, 0.6) is 0 Å². The zero-order valence-electron chi connectivity index (χ0n) is 19.8. The normalized spacial score (nSPS) is 14.4. The van der Waals surface area contributed by atoms with E-state index in [4.69, 9.17) is 0 Å². The van der Waals surface area contributed by atoms with Gasteiger partial charge < -0.3 is 25.0 Å². The van der Waals surface area contributed by atoms with Crippen LogP contribution in [-0.4, -0.2) is 70.6 Å². The minimum atomic E-state index is -0.146. The Hall–Kier alpha value is -2.91. The molecule has 1 aromatic carbocycles. The van der Waals surface area contributed by atoms with Crippen LogP contribution in [0, 0.1) is 0 Å². The second kappa shape index (κ2) is 12.0. The molecular formula is C25H34N6O2S. The fraction of sp³-hybridized carbons (Fsp3) is 0.480. The minimum absolute atomic E-state index is 0.138. The van der Waals surface area contributed by atoms with E-state index in [1.165, 1.54) is 11.3 Å². The van der Waals surface area contributed by atoms with Gasteiger partial charge in [-0.1, -0.05) is 25.1 Å². The van der Waals surface area contributed by atoms with Crippen LogP contribution >= 0.6 is 11.3 Å². The molecule has 0 radical (unpaired) electrons. The van der Waals surface area contributed by atoms with Gasteiger partial charge in [-0.15, -0.1) is 11.3 Å². The van der Waals surface area contributed by atoms with E-state index in [0.717, 1.165) is 79.9 Å². The average Bonchev–Trinajstić information content (AvgIpc) is 3.53. The van der Waals surface area contributed by atoms with Gasteiger partial charge in [-0.25, -0.2) is 4.79 Å². The maximum Gasteiger partial charge on any atom is 0.315 e. The van der Waals surface area contributed by atoms with Crippen molar-refractivity contribution in [3.05, 3.63) is 52.6 Å². The molecule has 0 bridgehead atoms. The fourth-order valence-electron chi connectivity index (χ4n) is 4.38. The van der Waals surface area contributed by atoms with Gasteiger partial charge in [0, 0.05) is 67.4 Å². The van der Waals surface area contributed by atoms with E-state index in [1.54, 1.807) is 11.7 Å². The second-order valence-electron chi connectivity index (χ2n) is 8.62. The van der Waals surface area contributed by atoms with E-state index in [2.05, 4.69) is 44.1 Å². The number of fused-ring (bicyclic) bond motifs is 1. The summed E-state index contributed by atoms with van der Waals surface area (Å²) in [6.45, 7) is 8.68. The van der Waals surface area contributed by atoms with Crippen molar-refractivity contribution in [1.82, 2.24) is 30.0 Å². The van der Waals surface area contributed by atoms with Gasteiger partial charge >= 0.3 is 6.03 Å². The van der Waals surface area contributed by atoms with Gasteiger partial charge in [0.05, 0.1) is 17.6 Å². The molecule has 1 aliphatic rings. The first-order chi connectivity index (χ1) is 16.7. The maximum atomic E-state index is 13.3. The van der Waals surface area contributed by atoms with Gasteiger partial charge in [0.2, 0.25) is 0 Å². The van der Waals surface area contributed by atoms with Crippen LogP contribution in [0.4, 0.5) is 4.79 Å². The van der Waals surface area contributed by atoms with Crippen molar-refractivity contribution in [2.45, 2.75) is 39.3 Å². The van der Waals surface area contributed by atoms with Crippen LogP contribution < -0.4 is 10.6 Å². The highest BCUT2D eigenvalue weighted by atomic mass is 32.1. The number of thiazole rings is 1. The highest BCUT2D eigenvalue weighted by molar-refractivity contribution is 7.09. The summed E-state index contributed by atoms with van der Waals surface area (Å²) < 4.78 is 2.21. The molecule has 0 saturated carbocycles. The fourth-order valence-corrected chi connectivity index (χ4v) is 4.92. The lowest BCUT2D eigenvalue weighted by Gasteiger charge is -2.34. The number of para-hydroxylation sites is 1. The Kier molecular flexibility index (Phi) is 8.54. The summed E-state index contributed by atoms with van der Waals surface area (Å²) in [5.41, 5.74) is 3.67. The first-order valence-corrected chi connectivity index (χ1v) is 13.0. The quantitative estimate of drug-likeness (QED) is 0.433. The molecule has 34 heavy (non-hydrogen) atoms. The number of piperazine rings is 1. The summed E-state index contributed by atoms with van der Waals surface area (Å²) in [5, 5.41) is 6.79. The smallest absolute Gasteiger partial charge is 0.315 e. The SMILES string of the molecule is CCN1CCN(C(=O)c2cn(CCCCCNC(=O)NCc3cncs3)c3ccccc23)CC1. The molecule has 3 aromatic rings. The van der Waals surface area contributed by atoms with Gasteiger partial charge in [0.1, 0.15) is 0 Å². The van der Waals surface area contributed by atoms with Crippen molar-refractivity contribution >= 4 is 34.2 Å². The molecule has 8 nitrogen and oxygen atoms in total. The van der Waals surface area contributed by atoms with Gasteiger partial charge in [0.25, 0.3) is 5.91 Å². The summed E-state index contributed by atoms with van der Waals surface area (Å²) in [6.07, 6.45) is 6.71. The number of unbranched alkanes of at least 4 members (excludes halogenated alkanes) is 2. The molecule has 0 atom stereocenters. The molecule has 0 aliphatic carbocycles. The zero-order valence-corrected chi connectivity index (χ0v) is 20.6. The number of urea groups is 1. The van der Waals surface area contributed by atoms with E-state index in [9.17, 15) is 9.59 Å². The third kappa shape index (κ3) is 6.15. The van der Waals surface area contributed by atoms with E-state index in [-0.39, 0.29) is 11.9 Å². The Morgan fingerprint density at radius 2 is 1.88 bits per heavy atom. The summed E-state index contributed by atoms with van der Waals surface area (Å²) in [6, 6.07) is 8.03. The lowest BCUT2D eigenvalue weighted by Crippen LogP contribution is -2.48. The van der Waals surface area contributed by atoms with Gasteiger partial charge in [-0.3, -0.25) is 9.78 Å². The number of nitrogens with zero attached hydrogens (tertiary/aromatic N) is 4. The Morgan fingerprint density at radius 1 is 1.06 bits per heavy atom. The van der Waals surface area contributed by atoms with E-state index in [1.807, 2.05) is 23.2 Å². The van der Waals surface area contributed by atoms with Crippen molar-refractivity contribution < 1.29 is 9.59 Å². The van der Waals surface area contributed by atoms with Gasteiger partial charge in [0.15, 0.2) is 0 Å². The van der Waals surface area contributed by atoms with Crippen LogP contribution in [0.2, 0.25) is 0 Å². The van der Waals surface area contributed by atoms with E-state index in [0.29, 0.717) is 13.1 Å². The molecule has 4 rings (SSSR count). The highest BCUT2D eigenvalue weighted by Crippen LogP contribution is 2.24. The number of aryl methyl sites for hydroxylation is 1. The molecule has 1 aliphatic heterocycles. The number of likely N-dealkylation sites (N-methyl/N-ethyl adjacent to an activating group) is 1. The van der Waals surface area contributed by atoms with Crippen molar-refractivity contribution in [2.24, 2.45) is 0 Å². The Balaban J connectivity index is 1.24. The molecule has 182 valence electrons. The second-order valence-corrected chi connectivity index (χ2v) is 9.59. The number of aromatic nitrogens is 2. The Labute approximate surface area is 204 Å². The molecule has 0 spiro atoms. The number of amides is 3. The molecule has 0 unspecified atom stereocenters. The molecule has 1 saturated heterocycles. The van der Waals surface area contributed by atoms with E-state index < -0.39 is 0 Å². The van der Waals surface area contributed by atoms with Crippen LogP contribution in [0.1, 0.15) is 41.4 Å². The number of hydrogen-bond acceptors (Lipinski definition) is 5. The summed E-state index contributed by atoms with van der Waals surface area (Å²) in [7, 11) is 0. The predicted molar refractivity (Wildman–Crippen MR) is 136 cm³/mol. The largest absolute Gasteiger partial charge is 0.347 e. The van der Waals surface area contributed by atoms with E-state index >= 15 is 0 Å². The molecular weight excluding hydrogens is 448 g/mol. The average molecular weight is 483 g/mol. The number of hydrogen-bond donors (Lipinski definition) is 2. The minimum Gasteiger partial charge on any atom is -0.347 e. The summed E-state index contributed by atoms with van der Waals surface area (Å²) >= 11 is 1.53. The Bertz CT molecular complexity index is 1070. The van der Waals surface area contributed by atoms with Crippen LogP contribution in [0.15, 0.2) is 42.2 Å². The lowest BCUT2D eigenvalue weighted by molar-refractivity contribution is 0.0645. The molecule has 3 amide bonds. The van der Waals surface area contributed by atoms with Crippen molar-refractivity contribution in [3.63, 3.8) is 0 Å². The highest BCUT2D eigenvalue weighted by Gasteiger charge is 2.24. The molecule has 1 fully saturated rings. The summed E-state index contributed by atoms with van der Waals surface area (Å²) in [4.78, 5) is 34.6. The maximum absolute atomic E-state index is 13.3. The molecule has 3 heterocycles. The van der Waals surface area contributed by atoms with Gasteiger partial charge in [-0.05, 0) is 31.9 Å². The first kappa shape index (κ1) is 24.2. The number of rotatable bonds is 10. The molecule has 2 aromatic heterocycles. The number of carbonyl (C=O) groups is 2. The van der Waals surface area contributed by atoms with Gasteiger partial charge in [-0.2, -0.15) is 0 Å². The van der Waals surface area contributed by atoms with Crippen LogP contribution in [0.3, 0.4) is 0 Å². The van der Waals surface area contributed by atoms with Crippen LogP contribution in [0.25, 0.3) is 10.9 Å². The van der Waals surface area contributed by atoms with Crippen molar-refractivity contribution in [3.8, 4) is 0 Å². The van der Waals surface area contributed by atoms with Crippen molar-refractivity contribution in [1.29, 1.82) is 0 Å². The van der Waals surface area contributed by atoms with Crippen LogP contribution in [-0.2, 0) is 13.1 Å². The third-order valence-electron chi connectivity index (χ3n) is 6.39. The van der Waals surface area contributed by atoms with Crippen molar-refractivity contribution in [2.75, 3.05) is 39.3 Å². The Morgan fingerprint density at radius 3 is 2.65 bits per heavy atom. The number of carbonyl (C=O) groups excluding carboxylic acids is 2. The molecule has 9 heteroatoms. The predicted octanol–water partition coefficient (Wildman–Crippen LogP) is 3.55. The number of benzene rings is 1. The first-order valence-electron chi connectivity index (χ1n) is 12.1. The monoisotopic (exact) mass is 482 g/mol. The zero-order chi connectivity index (χ0) is 23.8.